The number of carbonyl (C=O) groups is 1. The van der Waals surface area contributed by atoms with Crippen LogP contribution in [0.1, 0.15) is 19.4 Å². The Balaban J connectivity index is 1.94. The van der Waals surface area contributed by atoms with Gasteiger partial charge >= 0.3 is 0 Å². The highest BCUT2D eigenvalue weighted by Crippen LogP contribution is 2.32. The summed E-state index contributed by atoms with van der Waals surface area (Å²) in [6, 6.07) is 5.59. The van der Waals surface area contributed by atoms with E-state index < -0.39 is 0 Å². The molecule has 96 valence electrons. The van der Waals surface area contributed by atoms with Gasteiger partial charge in [0.1, 0.15) is 0 Å². The van der Waals surface area contributed by atoms with Gasteiger partial charge in [-0.05, 0) is 29.7 Å². The van der Waals surface area contributed by atoms with E-state index in [-0.39, 0.29) is 12.7 Å². The maximum absolute atomic E-state index is 11.5. The van der Waals surface area contributed by atoms with E-state index in [0.29, 0.717) is 12.5 Å². The molecule has 1 aromatic rings. The van der Waals surface area contributed by atoms with Crippen LogP contribution < -0.4 is 14.8 Å². The maximum Gasteiger partial charge on any atom is 0.244 e. The first kappa shape index (κ1) is 12.5. The molecule has 0 aliphatic carbocycles. The predicted octanol–water partition coefficient (Wildman–Crippen LogP) is 2.20. The normalized spacial score (nSPS) is 13.3. The number of ether oxygens (including phenoxy) is 2. The van der Waals surface area contributed by atoms with E-state index in [0.717, 1.165) is 17.1 Å². The standard InChI is InChI=1S/C14H17NO3/c1-10(2)8-15-14(16)6-4-11-3-5-12-13(7-11)18-9-17-12/h3-7,10H,8-9H2,1-2H3,(H,15,16)/b6-4-. The molecule has 0 aromatic heterocycles. The van der Waals surface area contributed by atoms with E-state index in [1.165, 1.54) is 6.08 Å². The molecule has 4 heteroatoms. The van der Waals surface area contributed by atoms with Crippen LogP contribution in [0, 0.1) is 5.92 Å². The summed E-state index contributed by atoms with van der Waals surface area (Å²) < 4.78 is 10.5. The minimum atomic E-state index is -0.0821. The van der Waals surface area contributed by atoms with Crippen LogP contribution in [0.15, 0.2) is 24.3 Å². The molecule has 0 atom stereocenters. The summed E-state index contributed by atoms with van der Waals surface area (Å²) in [5, 5.41) is 2.82. The Morgan fingerprint density at radius 3 is 2.94 bits per heavy atom. The molecule has 0 radical (unpaired) electrons. The lowest BCUT2D eigenvalue weighted by Crippen LogP contribution is -2.25. The van der Waals surface area contributed by atoms with Crippen molar-refractivity contribution in [2.24, 2.45) is 5.92 Å². The van der Waals surface area contributed by atoms with Crippen molar-refractivity contribution in [1.82, 2.24) is 5.32 Å². The van der Waals surface area contributed by atoms with Gasteiger partial charge in [0.25, 0.3) is 0 Å². The molecule has 0 bridgehead atoms. The van der Waals surface area contributed by atoms with Gasteiger partial charge in [-0.1, -0.05) is 19.9 Å². The fourth-order valence-electron chi connectivity index (χ4n) is 1.55. The van der Waals surface area contributed by atoms with Gasteiger partial charge in [-0.2, -0.15) is 0 Å². The minimum Gasteiger partial charge on any atom is -0.454 e. The first-order valence-corrected chi connectivity index (χ1v) is 6.00. The second-order valence-electron chi connectivity index (χ2n) is 4.59. The zero-order valence-corrected chi connectivity index (χ0v) is 10.6. The first-order valence-electron chi connectivity index (χ1n) is 6.00. The summed E-state index contributed by atoms with van der Waals surface area (Å²) in [7, 11) is 0. The van der Waals surface area contributed by atoms with Gasteiger partial charge in [0.05, 0.1) is 0 Å². The van der Waals surface area contributed by atoms with Crippen LogP contribution in [0.5, 0.6) is 11.5 Å². The third-order valence-electron chi connectivity index (χ3n) is 2.51. The topological polar surface area (TPSA) is 47.6 Å². The van der Waals surface area contributed by atoms with Gasteiger partial charge in [-0.25, -0.2) is 0 Å². The molecule has 18 heavy (non-hydrogen) atoms. The van der Waals surface area contributed by atoms with Crippen LogP contribution in [-0.2, 0) is 4.79 Å². The number of hydrogen-bond acceptors (Lipinski definition) is 3. The molecular formula is C14H17NO3. The van der Waals surface area contributed by atoms with Crippen molar-refractivity contribution in [1.29, 1.82) is 0 Å². The lowest BCUT2D eigenvalue weighted by molar-refractivity contribution is -0.116. The van der Waals surface area contributed by atoms with E-state index in [1.807, 2.05) is 18.2 Å². The highest BCUT2D eigenvalue weighted by Gasteiger charge is 2.12. The average molecular weight is 247 g/mol. The van der Waals surface area contributed by atoms with E-state index >= 15 is 0 Å². The monoisotopic (exact) mass is 247 g/mol. The van der Waals surface area contributed by atoms with Crippen LogP contribution >= 0.6 is 0 Å². The Bertz CT molecular complexity index is 466. The van der Waals surface area contributed by atoms with Crippen molar-refractivity contribution in [3.63, 3.8) is 0 Å². The SMILES string of the molecule is CC(C)CNC(=O)/C=C\c1ccc2c(c1)OCO2. The van der Waals surface area contributed by atoms with Crippen LogP contribution in [-0.4, -0.2) is 19.2 Å². The van der Waals surface area contributed by atoms with Crippen molar-refractivity contribution in [3.8, 4) is 11.5 Å². The Hall–Kier alpha value is -1.97. The summed E-state index contributed by atoms with van der Waals surface area (Å²) >= 11 is 0. The van der Waals surface area contributed by atoms with Crippen molar-refractivity contribution in [2.45, 2.75) is 13.8 Å². The van der Waals surface area contributed by atoms with Gasteiger partial charge in [-0.3, -0.25) is 4.79 Å². The summed E-state index contributed by atoms with van der Waals surface area (Å²) in [4.78, 5) is 11.5. The zero-order valence-electron chi connectivity index (χ0n) is 10.6. The molecule has 0 fully saturated rings. The Morgan fingerprint density at radius 1 is 1.39 bits per heavy atom. The summed E-state index contributed by atoms with van der Waals surface area (Å²) in [6.07, 6.45) is 3.29. The number of benzene rings is 1. The largest absolute Gasteiger partial charge is 0.454 e. The van der Waals surface area contributed by atoms with Gasteiger partial charge in [0, 0.05) is 12.6 Å². The molecule has 0 saturated heterocycles. The summed E-state index contributed by atoms with van der Waals surface area (Å²) in [6.45, 7) is 5.06. The lowest BCUT2D eigenvalue weighted by Gasteiger charge is -2.04. The molecule has 0 saturated carbocycles. The molecule has 1 aliphatic heterocycles. The highest BCUT2D eigenvalue weighted by molar-refractivity contribution is 5.91. The van der Waals surface area contributed by atoms with Gasteiger partial charge in [-0.15, -0.1) is 0 Å². The smallest absolute Gasteiger partial charge is 0.244 e. The Kier molecular flexibility index (Phi) is 3.87. The molecule has 4 nitrogen and oxygen atoms in total. The molecule has 1 heterocycles. The van der Waals surface area contributed by atoms with Crippen LogP contribution in [0.25, 0.3) is 6.08 Å². The fourth-order valence-corrected chi connectivity index (χ4v) is 1.55. The zero-order chi connectivity index (χ0) is 13.0. The van der Waals surface area contributed by atoms with Crippen molar-refractivity contribution in [3.05, 3.63) is 29.8 Å². The van der Waals surface area contributed by atoms with E-state index in [1.54, 1.807) is 6.08 Å². The number of rotatable bonds is 4. The number of carbonyl (C=O) groups excluding carboxylic acids is 1. The minimum absolute atomic E-state index is 0.0821. The molecule has 1 N–H and O–H groups in total. The Morgan fingerprint density at radius 2 is 2.17 bits per heavy atom. The summed E-state index contributed by atoms with van der Waals surface area (Å²) in [5.74, 6) is 1.84. The van der Waals surface area contributed by atoms with Crippen LogP contribution in [0.4, 0.5) is 0 Å². The quantitative estimate of drug-likeness (QED) is 0.830. The van der Waals surface area contributed by atoms with E-state index in [9.17, 15) is 4.79 Å². The number of nitrogens with one attached hydrogen (secondary N) is 1. The van der Waals surface area contributed by atoms with Gasteiger partial charge in [0.2, 0.25) is 12.7 Å². The summed E-state index contributed by atoms with van der Waals surface area (Å²) in [5.41, 5.74) is 0.916. The lowest BCUT2D eigenvalue weighted by atomic mass is 10.2. The maximum atomic E-state index is 11.5. The fraction of sp³-hybridized carbons (Fsp3) is 0.357. The van der Waals surface area contributed by atoms with Crippen molar-refractivity contribution >= 4 is 12.0 Å². The molecule has 0 unspecified atom stereocenters. The first-order chi connectivity index (χ1) is 8.65. The number of fused-ring (bicyclic) bond motifs is 1. The third-order valence-corrected chi connectivity index (χ3v) is 2.51. The van der Waals surface area contributed by atoms with Crippen molar-refractivity contribution < 1.29 is 14.3 Å². The highest BCUT2D eigenvalue weighted by atomic mass is 16.7. The van der Waals surface area contributed by atoms with E-state index in [2.05, 4.69) is 19.2 Å². The molecule has 1 aromatic carbocycles. The molecule has 2 rings (SSSR count). The average Bonchev–Trinajstić information content (AvgIpc) is 2.81. The van der Waals surface area contributed by atoms with Crippen LogP contribution in [0.2, 0.25) is 0 Å². The second kappa shape index (κ2) is 5.58. The molecular weight excluding hydrogens is 230 g/mol. The third kappa shape index (κ3) is 3.26. The van der Waals surface area contributed by atoms with Crippen molar-refractivity contribution in [2.75, 3.05) is 13.3 Å². The van der Waals surface area contributed by atoms with Gasteiger partial charge < -0.3 is 14.8 Å². The Labute approximate surface area is 107 Å². The molecule has 0 spiro atoms. The van der Waals surface area contributed by atoms with Crippen LogP contribution in [0.3, 0.4) is 0 Å². The predicted molar refractivity (Wildman–Crippen MR) is 69.4 cm³/mol. The number of amides is 1. The van der Waals surface area contributed by atoms with Gasteiger partial charge in [0.15, 0.2) is 11.5 Å². The number of hydrogen-bond donors (Lipinski definition) is 1. The molecule has 1 amide bonds. The second-order valence-corrected chi connectivity index (χ2v) is 4.59. The molecule has 1 aliphatic rings. The van der Waals surface area contributed by atoms with E-state index in [4.69, 9.17) is 9.47 Å².